The maximum Gasteiger partial charge on any atom is 0.134 e. The van der Waals surface area contributed by atoms with Crippen molar-refractivity contribution in [1.82, 2.24) is 4.98 Å². The van der Waals surface area contributed by atoms with Crippen LogP contribution in [0.2, 0.25) is 0 Å². The maximum atomic E-state index is 9.45. The molecule has 3 aromatic rings. The van der Waals surface area contributed by atoms with E-state index in [1.165, 1.54) is 6.20 Å². The molecule has 0 amide bonds. The Hall–Kier alpha value is -2.81. The highest BCUT2D eigenvalue weighted by Crippen LogP contribution is 2.24. The van der Waals surface area contributed by atoms with Gasteiger partial charge in [-0.25, -0.2) is 0 Å². The van der Waals surface area contributed by atoms with E-state index in [4.69, 9.17) is 4.74 Å². The number of benzene rings is 2. The zero-order valence-corrected chi connectivity index (χ0v) is 11.4. The quantitative estimate of drug-likeness (QED) is 0.782. The Bertz CT molecular complexity index is 709. The number of hydrogen-bond acceptors (Lipinski definition) is 3. The Kier molecular flexibility index (Phi) is 3.83. The third-order valence-corrected chi connectivity index (χ3v) is 3.16. The molecule has 0 radical (unpaired) electrons. The van der Waals surface area contributed by atoms with Crippen LogP contribution in [0.25, 0.3) is 11.1 Å². The molecule has 3 heteroatoms. The van der Waals surface area contributed by atoms with Crippen molar-refractivity contribution in [2.24, 2.45) is 0 Å². The Labute approximate surface area is 123 Å². The van der Waals surface area contributed by atoms with E-state index in [1.54, 1.807) is 12.3 Å². The van der Waals surface area contributed by atoms with E-state index in [-0.39, 0.29) is 5.75 Å². The lowest BCUT2D eigenvalue weighted by molar-refractivity contribution is 0.306. The molecule has 0 spiro atoms. The van der Waals surface area contributed by atoms with Crippen LogP contribution in [0.15, 0.2) is 73.1 Å². The molecule has 3 nitrogen and oxygen atoms in total. The molecule has 1 heterocycles. The molecule has 0 bridgehead atoms. The number of rotatable bonds is 4. The van der Waals surface area contributed by atoms with E-state index in [1.807, 2.05) is 54.6 Å². The molecule has 3 rings (SSSR count). The monoisotopic (exact) mass is 277 g/mol. The second-order valence-electron chi connectivity index (χ2n) is 4.73. The van der Waals surface area contributed by atoms with Gasteiger partial charge in [0, 0.05) is 11.8 Å². The fourth-order valence-corrected chi connectivity index (χ4v) is 2.07. The molecule has 0 saturated heterocycles. The average Bonchev–Trinajstić information content (AvgIpc) is 2.54. The first-order valence-electron chi connectivity index (χ1n) is 6.72. The second-order valence-corrected chi connectivity index (χ2v) is 4.73. The van der Waals surface area contributed by atoms with Crippen molar-refractivity contribution in [2.45, 2.75) is 6.61 Å². The van der Waals surface area contributed by atoms with Crippen molar-refractivity contribution in [3.8, 4) is 22.6 Å². The van der Waals surface area contributed by atoms with E-state index >= 15 is 0 Å². The molecule has 21 heavy (non-hydrogen) atoms. The minimum absolute atomic E-state index is 0.164. The van der Waals surface area contributed by atoms with Gasteiger partial charge in [0.15, 0.2) is 0 Å². The molecule has 0 unspecified atom stereocenters. The summed E-state index contributed by atoms with van der Waals surface area (Å²) in [6.45, 7) is 0.549. The Balaban J connectivity index is 1.69. The van der Waals surface area contributed by atoms with Crippen molar-refractivity contribution < 1.29 is 9.84 Å². The minimum atomic E-state index is 0.164. The smallest absolute Gasteiger partial charge is 0.134 e. The van der Waals surface area contributed by atoms with E-state index in [9.17, 15) is 5.11 Å². The molecule has 104 valence electrons. The standard InChI is InChI=1S/C18H15NO2/c20-17-10-16(11-19-12-17)15-6-8-18(9-7-15)21-13-14-4-2-1-3-5-14/h1-12,20H,13H2. The summed E-state index contributed by atoms with van der Waals surface area (Å²) >= 11 is 0. The maximum absolute atomic E-state index is 9.45. The summed E-state index contributed by atoms with van der Waals surface area (Å²) in [7, 11) is 0. The molecule has 0 aliphatic carbocycles. The first-order valence-corrected chi connectivity index (χ1v) is 6.72. The lowest BCUT2D eigenvalue weighted by atomic mass is 10.1. The summed E-state index contributed by atoms with van der Waals surface area (Å²) in [6, 6.07) is 19.5. The molecule has 2 aromatic carbocycles. The average molecular weight is 277 g/mol. The molecule has 0 saturated carbocycles. The SMILES string of the molecule is Oc1cncc(-c2ccc(OCc3ccccc3)cc2)c1. The van der Waals surface area contributed by atoms with Crippen LogP contribution in [0, 0.1) is 0 Å². The molecular weight excluding hydrogens is 262 g/mol. The van der Waals surface area contributed by atoms with Gasteiger partial charge in [-0.2, -0.15) is 0 Å². The number of nitrogens with zero attached hydrogens (tertiary/aromatic N) is 1. The Morgan fingerprint density at radius 3 is 2.33 bits per heavy atom. The van der Waals surface area contributed by atoms with Crippen molar-refractivity contribution in [3.63, 3.8) is 0 Å². The molecule has 0 aliphatic rings. The van der Waals surface area contributed by atoms with E-state index in [0.717, 1.165) is 22.4 Å². The number of hydrogen-bond donors (Lipinski definition) is 1. The fraction of sp³-hybridized carbons (Fsp3) is 0.0556. The summed E-state index contributed by atoms with van der Waals surface area (Å²) in [5.41, 5.74) is 3.01. The third kappa shape index (κ3) is 3.39. The second kappa shape index (κ2) is 6.09. The van der Waals surface area contributed by atoms with Crippen molar-refractivity contribution in [1.29, 1.82) is 0 Å². The van der Waals surface area contributed by atoms with Gasteiger partial charge in [0.25, 0.3) is 0 Å². The van der Waals surface area contributed by atoms with Crippen molar-refractivity contribution >= 4 is 0 Å². The van der Waals surface area contributed by atoms with Crippen LogP contribution in [-0.4, -0.2) is 10.1 Å². The van der Waals surface area contributed by atoms with Gasteiger partial charge in [-0.3, -0.25) is 4.98 Å². The van der Waals surface area contributed by atoms with Gasteiger partial charge in [0.2, 0.25) is 0 Å². The Morgan fingerprint density at radius 1 is 0.857 bits per heavy atom. The Morgan fingerprint density at radius 2 is 1.62 bits per heavy atom. The van der Waals surface area contributed by atoms with Gasteiger partial charge in [0.05, 0.1) is 6.20 Å². The predicted molar refractivity (Wildman–Crippen MR) is 82.1 cm³/mol. The number of ether oxygens (including phenoxy) is 1. The molecule has 0 fully saturated rings. The third-order valence-electron chi connectivity index (χ3n) is 3.16. The van der Waals surface area contributed by atoms with Crippen LogP contribution in [0.3, 0.4) is 0 Å². The topological polar surface area (TPSA) is 42.4 Å². The highest BCUT2D eigenvalue weighted by Gasteiger charge is 2.01. The molecular formula is C18H15NO2. The van der Waals surface area contributed by atoms with Gasteiger partial charge in [-0.05, 0) is 29.3 Å². The van der Waals surface area contributed by atoms with Gasteiger partial charge in [-0.15, -0.1) is 0 Å². The van der Waals surface area contributed by atoms with E-state index in [0.29, 0.717) is 6.61 Å². The van der Waals surface area contributed by atoms with E-state index < -0.39 is 0 Å². The normalized spacial score (nSPS) is 10.3. The molecule has 0 atom stereocenters. The van der Waals surface area contributed by atoms with Crippen LogP contribution in [0.1, 0.15) is 5.56 Å². The fourth-order valence-electron chi connectivity index (χ4n) is 2.07. The van der Waals surface area contributed by atoms with E-state index in [2.05, 4.69) is 4.98 Å². The zero-order chi connectivity index (χ0) is 14.5. The number of pyridine rings is 1. The van der Waals surface area contributed by atoms with Crippen molar-refractivity contribution in [3.05, 3.63) is 78.6 Å². The molecule has 1 N–H and O–H groups in total. The van der Waals surface area contributed by atoms with Crippen LogP contribution in [0.5, 0.6) is 11.5 Å². The number of aromatic nitrogens is 1. The van der Waals surface area contributed by atoms with Crippen LogP contribution in [-0.2, 0) is 6.61 Å². The minimum Gasteiger partial charge on any atom is -0.506 e. The number of aromatic hydroxyl groups is 1. The highest BCUT2D eigenvalue weighted by atomic mass is 16.5. The first-order chi connectivity index (χ1) is 10.3. The lowest BCUT2D eigenvalue weighted by Crippen LogP contribution is -1.94. The summed E-state index contributed by atoms with van der Waals surface area (Å²) in [6.07, 6.45) is 3.14. The first kappa shape index (κ1) is 13.2. The van der Waals surface area contributed by atoms with Gasteiger partial charge in [0.1, 0.15) is 18.1 Å². The summed E-state index contributed by atoms with van der Waals surface area (Å²) < 4.78 is 5.74. The van der Waals surface area contributed by atoms with Gasteiger partial charge >= 0.3 is 0 Å². The van der Waals surface area contributed by atoms with Crippen molar-refractivity contribution in [2.75, 3.05) is 0 Å². The summed E-state index contributed by atoms with van der Waals surface area (Å²) in [5.74, 6) is 0.979. The van der Waals surface area contributed by atoms with Gasteiger partial charge < -0.3 is 9.84 Å². The van der Waals surface area contributed by atoms with Gasteiger partial charge in [-0.1, -0.05) is 42.5 Å². The molecule has 1 aromatic heterocycles. The van der Waals surface area contributed by atoms with Crippen LogP contribution >= 0.6 is 0 Å². The molecule has 0 aliphatic heterocycles. The van der Waals surface area contributed by atoms with Crippen LogP contribution < -0.4 is 4.74 Å². The summed E-state index contributed by atoms with van der Waals surface area (Å²) in [4.78, 5) is 3.98. The van der Waals surface area contributed by atoms with Crippen LogP contribution in [0.4, 0.5) is 0 Å². The summed E-state index contributed by atoms with van der Waals surface area (Å²) in [5, 5.41) is 9.45. The predicted octanol–water partition coefficient (Wildman–Crippen LogP) is 4.03. The highest BCUT2D eigenvalue weighted by molar-refractivity contribution is 5.64. The largest absolute Gasteiger partial charge is 0.506 e. The zero-order valence-electron chi connectivity index (χ0n) is 11.4. The lowest BCUT2D eigenvalue weighted by Gasteiger charge is -2.07.